The summed E-state index contributed by atoms with van der Waals surface area (Å²) in [6.07, 6.45) is 0.638. The van der Waals surface area contributed by atoms with Gasteiger partial charge in [-0.3, -0.25) is 0 Å². The highest BCUT2D eigenvalue weighted by molar-refractivity contribution is 7.89. The summed E-state index contributed by atoms with van der Waals surface area (Å²) < 4.78 is 39.1. The van der Waals surface area contributed by atoms with E-state index in [1.54, 1.807) is 32.4 Å². The lowest BCUT2D eigenvalue weighted by molar-refractivity contribution is 0.407. The summed E-state index contributed by atoms with van der Waals surface area (Å²) >= 11 is 0. The van der Waals surface area contributed by atoms with Crippen molar-refractivity contribution in [2.24, 2.45) is 0 Å². The third-order valence-corrected chi connectivity index (χ3v) is 5.83. The molecule has 0 saturated heterocycles. The minimum atomic E-state index is -3.65. The number of hydrogen-bond acceptors (Lipinski definition) is 4. The van der Waals surface area contributed by atoms with Gasteiger partial charge in [-0.05, 0) is 53.8 Å². The van der Waals surface area contributed by atoms with Crippen molar-refractivity contribution in [2.45, 2.75) is 44.0 Å². The molecule has 26 heavy (non-hydrogen) atoms. The SMILES string of the molecule is CCC(NS(=O)(=O)c1ccc(OC)c(C(C)C)c1)c1ccc(OC)cc1. The van der Waals surface area contributed by atoms with Crippen molar-refractivity contribution in [2.75, 3.05) is 14.2 Å². The zero-order valence-electron chi connectivity index (χ0n) is 15.9. The molecule has 0 amide bonds. The van der Waals surface area contributed by atoms with Crippen molar-refractivity contribution in [1.82, 2.24) is 4.72 Å². The van der Waals surface area contributed by atoms with Gasteiger partial charge >= 0.3 is 0 Å². The van der Waals surface area contributed by atoms with Crippen LogP contribution < -0.4 is 14.2 Å². The molecule has 0 fully saturated rings. The van der Waals surface area contributed by atoms with Crippen molar-refractivity contribution in [3.8, 4) is 11.5 Å². The monoisotopic (exact) mass is 377 g/mol. The van der Waals surface area contributed by atoms with Crippen LogP contribution in [0.3, 0.4) is 0 Å². The Balaban J connectivity index is 2.32. The van der Waals surface area contributed by atoms with E-state index in [0.717, 1.165) is 16.9 Å². The molecule has 0 spiro atoms. The summed E-state index contributed by atoms with van der Waals surface area (Å²) in [6, 6.07) is 12.1. The Kier molecular flexibility index (Phi) is 6.67. The fourth-order valence-corrected chi connectivity index (χ4v) is 4.15. The maximum atomic E-state index is 12.9. The van der Waals surface area contributed by atoms with Crippen LogP contribution in [0.1, 0.15) is 50.3 Å². The van der Waals surface area contributed by atoms with Gasteiger partial charge in [-0.25, -0.2) is 13.1 Å². The molecule has 2 aromatic rings. The summed E-state index contributed by atoms with van der Waals surface area (Å²) in [5, 5.41) is 0. The van der Waals surface area contributed by atoms with Gasteiger partial charge in [0, 0.05) is 6.04 Å². The molecule has 1 N–H and O–H groups in total. The van der Waals surface area contributed by atoms with Crippen LogP contribution >= 0.6 is 0 Å². The van der Waals surface area contributed by atoms with E-state index in [2.05, 4.69) is 4.72 Å². The standard InChI is InChI=1S/C20H27NO4S/c1-6-19(15-7-9-16(24-4)10-8-15)21-26(22,23)17-11-12-20(25-5)18(13-17)14(2)3/h7-14,19,21H,6H2,1-5H3. The van der Waals surface area contributed by atoms with E-state index in [1.807, 2.05) is 45.0 Å². The molecule has 0 bridgehead atoms. The topological polar surface area (TPSA) is 64.6 Å². The predicted molar refractivity (Wildman–Crippen MR) is 103 cm³/mol. The molecule has 0 aliphatic rings. The summed E-state index contributed by atoms with van der Waals surface area (Å²) in [7, 11) is -0.463. The number of nitrogens with one attached hydrogen (secondary N) is 1. The van der Waals surface area contributed by atoms with E-state index < -0.39 is 10.0 Å². The summed E-state index contributed by atoms with van der Waals surface area (Å²) in [5.74, 6) is 1.59. The Bertz CT molecular complexity index is 829. The average Bonchev–Trinajstić information content (AvgIpc) is 2.65. The molecule has 0 aromatic heterocycles. The molecule has 5 nitrogen and oxygen atoms in total. The van der Waals surface area contributed by atoms with Crippen LogP contribution in [0.25, 0.3) is 0 Å². The normalized spacial score (nSPS) is 12.8. The molecule has 0 heterocycles. The lowest BCUT2D eigenvalue weighted by Crippen LogP contribution is -2.28. The number of benzene rings is 2. The van der Waals surface area contributed by atoms with E-state index >= 15 is 0 Å². The fourth-order valence-electron chi connectivity index (χ4n) is 2.81. The Labute approximate surface area is 156 Å². The van der Waals surface area contributed by atoms with Gasteiger partial charge in [0.1, 0.15) is 11.5 Å². The first-order valence-electron chi connectivity index (χ1n) is 8.66. The van der Waals surface area contributed by atoms with Crippen LogP contribution in [0.2, 0.25) is 0 Å². The summed E-state index contributed by atoms with van der Waals surface area (Å²) in [5.41, 5.74) is 1.77. The highest BCUT2D eigenvalue weighted by Crippen LogP contribution is 2.30. The largest absolute Gasteiger partial charge is 0.497 e. The predicted octanol–water partition coefficient (Wildman–Crippen LogP) is 4.26. The molecule has 0 aliphatic heterocycles. The van der Waals surface area contributed by atoms with Crippen molar-refractivity contribution >= 4 is 10.0 Å². The molecule has 0 aliphatic carbocycles. The molecule has 0 radical (unpaired) electrons. The van der Waals surface area contributed by atoms with Crippen LogP contribution in [0, 0.1) is 0 Å². The molecular formula is C20H27NO4S. The van der Waals surface area contributed by atoms with Gasteiger partial charge in [0.2, 0.25) is 10.0 Å². The highest BCUT2D eigenvalue weighted by Gasteiger charge is 2.22. The van der Waals surface area contributed by atoms with Crippen LogP contribution in [0.5, 0.6) is 11.5 Å². The smallest absolute Gasteiger partial charge is 0.241 e. The number of methoxy groups -OCH3 is 2. The third kappa shape index (κ3) is 4.56. The number of sulfonamides is 1. The zero-order valence-corrected chi connectivity index (χ0v) is 16.8. The second-order valence-corrected chi connectivity index (χ2v) is 8.13. The number of hydrogen-bond donors (Lipinski definition) is 1. The first kappa shape index (κ1) is 20.3. The van der Waals surface area contributed by atoms with Gasteiger partial charge in [0.05, 0.1) is 19.1 Å². The van der Waals surface area contributed by atoms with Crippen molar-refractivity contribution in [3.05, 3.63) is 53.6 Å². The lowest BCUT2D eigenvalue weighted by atomic mass is 10.0. The lowest BCUT2D eigenvalue weighted by Gasteiger charge is -2.19. The Morgan fingerprint density at radius 1 is 1.00 bits per heavy atom. The molecule has 2 rings (SSSR count). The highest BCUT2D eigenvalue weighted by atomic mass is 32.2. The third-order valence-electron chi connectivity index (χ3n) is 4.36. The maximum Gasteiger partial charge on any atom is 0.241 e. The van der Waals surface area contributed by atoms with E-state index in [4.69, 9.17) is 9.47 Å². The van der Waals surface area contributed by atoms with Crippen LogP contribution in [-0.2, 0) is 10.0 Å². The molecule has 2 aromatic carbocycles. The van der Waals surface area contributed by atoms with Crippen LogP contribution in [-0.4, -0.2) is 22.6 Å². The van der Waals surface area contributed by atoms with E-state index in [0.29, 0.717) is 12.2 Å². The van der Waals surface area contributed by atoms with Crippen LogP contribution in [0.4, 0.5) is 0 Å². The molecule has 0 saturated carbocycles. The average molecular weight is 378 g/mol. The minimum Gasteiger partial charge on any atom is -0.497 e. The number of ether oxygens (including phenoxy) is 2. The Hall–Kier alpha value is -2.05. The van der Waals surface area contributed by atoms with Crippen LogP contribution in [0.15, 0.2) is 47.4 Å². The first-order valence-corrected chi connectivity index (χ1v) is 10.1. The van der Waals surface area contributed by atoms with E-state index in [-0.39, 0.29) is 16.9 Å². The minimum absolute atomic E-state index is 0.156. The Morgan fingerprint density at radius 2 is 1.65 bits per heavy atom. The molecule has 142 valence electrons. The van der Waals surface area contributed by atoms with Gasteiger partial charge in [-0.1, -0.05) is 32.9 Å². The van der Waals surface area contributed by atoms with E-state index in [9.17, 15) is 8.42 Å². The van der Waals surface area contributed by atoms with Crippen molar-refractivity contribution < 1.29 is 17.9 Å². The molecule has 1 atom stereocenters. The van der Waals surface area contributed by atoms with Crippen molar-refractivity contribution in [1.29, 1.82) is 0 Å². The molecule has 1 unspecified atom stereocenters. The number of rotatable bonds is 8. The second-order valence-electron chi connectivity index (χ2n) is 6.41. The molecule has 6 heteroatoms. The quantitative estimate of drug-likeness (QED) is 0.747. The van der Waals surface area contributed by atoms with Gasteiger partial charge in [0.15, 0.2) is 0 Å². The first-order chi connectivity index (χ1) is 12.3. The second kappa shape index (κ2) is 8.56. The Morgan fingerprint density at radius 3 is 2.15 bits per heavy atom. The molecular weight excluding hydrogens is 350 g/mol. The van der Waals surface area contributed by atoms with E-state index in [1.165, 1.54) is 0 Å². The summed E-state index contributed by atoms with van der Waals surface area (Å²) in [6.45, 7) is 5.97. The zero-order chi connectivity index (χ0) is 19.3. The van der Waals surface area contributed by atoms with Crippen molar-refractivity contribution in [3.63, 3.8) is 0 Å². The summed E-state index contributed by atoms with van der Waals surface area (Å²) in [4.78, 5) is 0.244. The van der Waals surface area contributed by atoms with Gasteiger partial charge < -0.3 is 9.47 Å². The van der Waals surface area contributed by atoms with Gasteiger partial charge in [0.25, 0.3) is 0 Å². The maximum absolute atomic E-state index is 12.9. The van der Waals surface area contributed by atoms with Gasteiger partial charge in [-0.2, -0.15) is 0 Å². The van der Waals surface area contributed by atoms with Gasteiger partial charge in [-0.15, -0.1) is 0 Å². The fraction of sp³-hybridized carbons (Fsp3) is 0.400.